The molecule has 0 fully saturated rings. The molecule has 2 rings (SSSR count). The number of nitrogens with zero attached hydrogens (tertiary/aromatic N) is 1. The van der Waals surface area contributed by atoms with Crippen LogP contribution in [-0.4, -0.2) is 4.98 Å². The lowest BCUT2D eigenvalue weighted by Crippen LogP contribution is -2.09. The van der Waals surface area contributed by atoms with Gasteiger partial charge in [-0.1, -0.05) is 0 Å². The third-order valence-electron chi connectivity index (χ3n) is 1.92. The SMILES string of the molecule is Cc1ncc(C(N)c2cscc2Br)s1. The molecule has 2 aromatic heterocycles. The number of halogens is 1. The Hall–Kier alpha value is -0.230. The van der Waals surface area contributed by atoms with E-state index < -0.39 is 0 Å². The standard InChI is InChI=1S/C9H9BrN2S2/c1-5-12-2-8(14-5)9(11)6-3-13-4-7(6)10/h2-4,9H,11H2,1H3. The fourth-order valence-corrected chi connectivity index (χ4v) is 3.57. The van der Waals surface area contributed by atoms with Crippen LogP contribution >= 0.6 is 38.6 Å². The molecule has 2 aromatic rings. The van der Waals surface area contributed by atoms with Gasteiger partial charge in [0, 0.05) is 20.9 Å². The number of hydrogen-bond donors (Lipinski definition) is 1. The maximum absolute atomic E-state index is 6.12. The summed E-state index contributed by atoms with van der Waals surface area (Å²) in [7, 11) is 0. The average Bonchev–Trinajstić information content (AvgIpc) is 2.73. The van der Waals surface area contributed by atoms with Crippen molar-refractivity contribution in [3.8, 4) is 0 Å². The van der Waals surface area contributed by atoms with Crippen molar-refractivity contribution >= 4 is 38.6 Å². The zero-order valence-electron chi connectivity index (χ0n) is 7.53. The van der Waals surface area contributed by atoms with Crippen molar-refractivity contribution in [2.24, 2.45) is 5.73 Å². The van der Waals surface area contributed by atoms with Gasteiger partial charge >= 0.3 is 0 Å². The molecule has 0 saturated carbocycles. The highest BCUT2D eigenvalue weighted by atomic mass is 79.9. The lowest BCUT2D eigenvalue weighted by Gasteiger charge is -2.07. The van der Waals surface area contributed by atoms with Crippen molar-refractivity contribution in [2.75, 3.05) is 0 Å². The molecule has 2 heterocycles. The van der Waals surface area contributed by atoms with Gasteiger partial charge in [0.25, 0.3) is 0 Å². The molecule has 74 valence electrons. The molecular formula is C9H9BrN2S2. The van der Waals surface area contributed by atoms with E-state index in [1.165, 1.54) is 0 Å². The van der Waals surface area contributed by atoms with Crippen molar-refractivity contribution in [3.05, 3.63) is 36.9 Å². The van der Waals surface area contributed by atoms with Crippen molar-refractivity contribution in [2.45, 2.75) is 13.0 Å². The summed E-state index contributed by atoms with van der Waals surface area (Å²) in [5.74, 6) is 0. The minimum absolute atomic E-state index is 0.0539. The molecule has 0 amide bonds. The quantitative estimate of drug-likeness (QED) is 0.921. The number of aromatic nitrogens is 1. The Kier molecular flexibility index (Phi) is 3.02. The normalized spacial score (nSPS) is 13.1. The van der Waals surface area contributed by atoms with Gasteiger partial charge in [-0.15, -0.1) is 11.3 Å². The van der Waals surface area contributed by atoms with E-state index in [1.54, 1.807) is 22.7 Å². The molecule has 0 saturated heterocycles. The average molecular weight is 289 g/mol. The summed E-state index contributed by atoms with van der Waals surface area (Å²) in [5.41, 5.74) is 7.26. The molecular weight excluding hydrogens is 280 g/mol. The van der Waals surface area contributed by atoms with Crippen LogP contribution in [0.4, 0.5) is 0 Å². The molecule has 0 bridgehead atoms. The fraction of sp³-hybridized carbons (Fsp3) is 0.222. The van der Waals surface area contributed by atoms with Crippen LogP contribution in [0.1, 0.15) is 21.5 Å². The lowest BCUT2D eigenvalue weighted by atomic mass is 10.1. The van der Waals surface area contributed by atoms with Gasteiger partial charge in [-0.2, -0.15) is 11.3 Å². The monoisotopic (exact) mass is 288 g/mol. The second-order valence-corrected chi connectivity index (χ2v) is 5.80. The Bertz CT molecular complexity index is 435. The number of nitrogens with two attached hydrogens (primary N) is 1. The second kappa shape index (κ2) is 4.10. The van der Waals surface area contributed by atoms with Gasteiger partial charge in [0.1, 0.15) is 0 Å². The van der Waals surface area contributed by atoms with Crippen LogP contribution in [0.15, 0.2) is 21.4 Å². The van der Waals surface area contributed by atoms with Crippen molar-refractivity contribution < 1.29 is 0 Å². The molecule has 0 radical (unpaired) electrons. The number of thiophene rings is 1. The molecule has 5 heteroatoms. The van der Waals surface area contributed by atoms with Crippen LogP contribution < -0.4 is 5.73 Å². The van der Waals surface area contributed by atoms with Gasteiger partial charge in [-0.3, -0.25) is 0 Å². The van der Waals surface area contributed by atoms with E-state index in [2.05, 4.69) is 26.3 Å². The van der Waals surface area contributed by atoms with E-state index in [0.717, 1.165) is 19.9 Å². The van der Waals surface area contributed by atoms with Gasteiger partial charge in [0.15, 0.2) is 0 Å². The predicted octanol–water partition coefficient (Wildman–Crippen LogP) is 3.32. The summed E-state index contributed by atoms with van der Waals surface area (Å²) in [6.07, 6.45) is 1.86. The summed E-state index contributed by atoms with van der Waals surface area (Å²) in [4.78, 5) is 5.32. The second-order valence-electron chi connectivity index (χ2n) is 2.93. The van der Waals surface area contributed by atoms with Crippen LogP contribution in [0.5, 0.6) is 0 Å². The number of aryl methyl sites for hydroxylation is 1. The van der Waals surface area contributed by atoms with Gasteiger partial charge in [-0.25, -0.2) is 4.98 Å². The van der Waals surface area contributed by atoms with Crippen LogP contribution in [-0.2, 0) is 0 Å². The van der Waals surface area contributed by atoms with Crippen molar-refractivity contribution in [3.63, 3.8) is 0 Å². The van der Waals surface area contributed by atoms with Crippen LogP contribution in [0.2, 0.25) is 0 Å². The zero-order chi connectivity index (χ0) is 10.1. The van der Waals surface area contributed by atoms with E-state index in [9.17, 15) is 0 Å². The molecule has 2 N–H and O–H groups in total. The van der Waals surface area contributed by atoms with Crippen molar-refractivity contribution in [1.29, 1.82) is 0 Å². The molecule has 0 aliphatic heterocycles. The Morgan fingerprint density at radius 1 is 1.50 bits per heavy atom. The fourth-order valence-electron chi connectivity index (χ4n) is 1.19. The number of thiazole rings is 1. The minimum Gasteiger partial charge on any atom is -0.319 e. The van der Waals surface area contributed by atoms with E-state index >= 15 is 0 Å². The number of hydrogen-bond acceptors (Lipinski definition) is 4. The van der Waals surface area contributed by atoms with Gasteiger partial charge in [0.2, 0.25) is 0 Å². The summed E-state index contributed by atoms with van der Waals surface area (Å²) >= 11 is 6.79. The Morgan fingerprint density at radius 3 is 2.79 bits per heavy atom. The zero-order valence-corrected chi connectivity index (χ0v) is 10.7. The first-order valence-electron chi connectivity index (χ1n) is 4.08. The Morgan fingerprint density at radius 2 is 2.29 bits per heavy atom. The van der Waals surface area contributed by atoms with Gasteiger partial charge in [0.05, 0.1) is 11.0 Å². The third kappa shape index (κ3) is 1.91. The summed E-state index contributed by atoms with van der Waals surface area (Å²) in [6.45, 7) is 1.99. The largest absolute Gasteiger partial charge is 0.319 e. The first kappa shape index (κ1) is 10.3. The van der Waals surface area contributed by atoms with Gasteiger partial charge < -0.3 is 5.73 Å². The Balaban J connectivity index is 2.33. The molecule has 0 spiro atoms. The first-order valence-corrected chi connectivity index (χ1v) is 6.63. The highest BCUT2D eigenvalue weighted by Gasteiger charge is 2.14. The van der Waals surface area contributed by atoms with E-state index in [4.69, 9.17) is 5.73 Å². The molecule has 1 unspecified atom stereocenters. The van der Waals surface area contributed by atoms with Crippen LogP contribution in [0.3, 0.4) is 0 Å². The first-order chi connectivity index (χ1) is 6.68. The van der Waals surface area contributed by atoms with E-state index in [-0.39, 0.29) is 6.04 Å². The summed E-state index contributed by atoms with van der Waals surface area (Å²) in [5, 5.41) is 5.18. The van der Waals surface area contributed by atoms with Crippen molar-refractivity contribution in [1.82, 2.24) is 4.98 Å². The summed E-state index contributed by atoms with van der Waals surface area (Å²) in [6, 6.07) is -0.0539. The van der Waals surface area contributed by atoms with Crippen LogP contribution in [0.25, 0.3) is 0 Å². The molecule has 0 aromatic carbocycles. The highest BCUT2D eigenvalue weighted by molar-refractivity contribution is 9.10. The molecule has 0 aliphatic rings. The molecule has 0 aliphatic carbocycles. The topological polar surface area (TPSA) is 38.9 Å². The molecule has 14 heavy (non-hydrogen) atoms. The predicted molar refractivity (Wildman–Crippen MR) is 64.9 cm³/mol. The smallest absolute Gasteiger partial charge is 0.0897 e. The maximum Gasteiger partial charge on any atom is 0.0897 e. The van der Waals surface area contributed by atoms with Gasteiger partial charge in [-0.05, 0) is 33.8 Å². The highest BCUT2D eigenvalue weighted by Crippen LogP contribution is 2.31. The number of rotatable bonds is 2. The minimum atomic E-state index is -0.0539. The van der Waals surface area contributed by atoms with Crippen LogP contribution in [0, 0.1) is 6.92 Å². The maximum atomic E-state index is 6.12. The van der Waals surface area contributed by atoms with E-state index in [0.29, 0.717) is 0 Å². The molecule has 1 atom stereocenters. The molecule has 2 nitrogen and oxygen atoms in total. The summed E-state index contributed by atoms with van der Waals surface area (Å²) < 4.78 is 1.08. The third-order valence-corrected chi connectivity index (χ3v) is 4.67. The Labute approximate surface area is 98.9 Å². The lowest BCUT2D eigenvalue weighted by molar-refractivity contribution is 0.890. The van der Waals surface area contributed by atoms with E-state index in [1.807, 2.05) is 18.5 Å².